The van der Waals surface area contributed by atoms with Gasteiger partial charge in [0.2, 0.25) is 5.91 Å². The van der Waals surface area contributed by atoms with Crippen molar-refractivity contribution in [1.82, 2.24) is 0 Å². The minimum absolute atomic E-state index is 0.0114. The molecule has 3 aromatic rings. The van der Waals surface area contributed by atoms with E-state index in [1.165, 1.54) is 20.5 Å². The van der Waals surface area contributed by atoms with E-state index in [0.29, 0.717) is 17.9 Å². The number of carbonyl (C=O) groups excluding carboxylic acids is 2. The predicted octanol–water partition coefficient (Wildman–Crippen LogP) is 4.01. The van der Waals surface area contributed by atoms with Crippen LogP contribution in [0.3, 0.4) is 0 Å². The van der Waals surface area contributed by atoms with E-state index in [4.69, 9.17) is 4.74 Å². The van der Waals surface area contributed by atoms with Crippen LogP contribution in [-0.2, 0) is 9.59 Å². The van der Waals surface area contributed by atoms with Gasteiger partial charge in [-0.15, -0.1) is 11.3 Å². The summed E-state index contributed by atoms with van der Waals surface area (Å²) in [7, 11) is 0. The Hall–Kier alpha value is -2.86. The molecule has 2 amide bonds. The lowest BCUT2D eigenvalue weighted by molar-refractivity contribution is -0.118. The van der Waals surface area contributed by atoms with Crippen LogP contribution in [0.2, 0.25) is 0 Å². The largest absolute Gasteiger partial charge is 0.482 e. The summed E-state index contributed by atoms with van der Waals surface area (Å²) >= 11 is 1.74. The average Bonchev–Trinajstić information content (AvgIpc) is 2.96. The number of anilines is 2. The number of hydrogen-bond acceptors (Lipinski definition) is 4. The summed E-state index contributed by atoms with van der Waals surface area (Å²) in [6, 6.07) is 12.1. The Balaban J connectivity index is 1.68. The Labute approximate surface area is 154 Å². The molecule has 2 aromatic carbocycles. The third kappa shape index (κ3) is 2.29. The highest BCUT2D eigenvalue weighted by Crippen LogP contribution is 2.47. The highest BCUT2D eigenvalue weighted by molar-refractivity contribution is 7.19. The molecule has 0 fully saturated rings. The Morgan fingerprint density at radius 3 is 2.73 bits per heavy atom. The molecule has 26 heavy (non-hydrogen) atoms. The molecular weight excluding hydrogens is 348 g/mol. The number of thiophene rings is 1. The van der Waals surface area contributed by atoms with Gasteiger partial charge in [0.05, 0.1) is 5.69 Å². The molecule has 130 valence electrons. The van der Waals surface area contributed by atoms with Crippen molar-refractivity contribution in [2.75, 3.05) is 17.2 Å². The molecule has 2 N–H and O–H groups in total. The van der Waals surface area contributed by atoms with Crippen molar-refractivity contribution in [2.45, 2.75) is 19.3 Å². The number of benzene rings is 2. The van der Waals surface area contributed by atoms with Crippen LogP contribution in [0.15, 0.2) is 36.4 Å². The SMILES string of the molecule is Cc1c(C2CC(=O)Nc3cc4c(cc32)OCC(=O)N4)sc2ccccc12. The van der Waals surface area contributed by atoms with Gasteiger partial charge in [-0.05, 0) is 41.6 Å². The first kappa shape index (κ1) is 15.4. The Morgan fingerprint density at radius 2 is 1.88 bits per heavy atom. The molecule has 3 heterocycles. The van der Waals surface area contributed by atoms with Crippen LogP contribution in [0.4, 0.5) is 11.4 Å². The topological polar surface area (TPSA) is 67.4 Å². The maximum atomic E-state index is 12.3. The van der Waals surface area contributed by atoms with E-state index in [1.54, 1.807) is 17.4 Å². The van der Waals surface area contributed by atoms with Gasteiger partial charge < -0.3 is 15.4 Å². The van der Waals surface area contributed by atoms with E-state index in [0.717, 1.165) is 11.3 Å². The monoisotopic (exact) mass is 364 g/mol. The summed E-state index contributed by atoms with van der Waals surface area (Å²) in [4.78, 5) is 25.1. The highest BCUT2D eigenvalue weighted by atomic mass is 32.1. The molecule has 0 aliphatic carbocycles. The van der Waals surface area contributed by atoms with Crippen LogP contribution >= 0.6 is 11.3 Å². The minimum atomic E-state index is -0.184. The van der Waals surface area contributed by atoms with Crippen LogP contribution in [0, 0.1) is 6.92 Å². The molecule has 0 bridgehead atoms. The first-order valence-electron chi connectivity index (χ1n) is 8.48. The molecule has 5 rings (SSSR count). The van der Waals surface area contributed by atoms with Crippen molar-refractivity contribution >= 4 is 44.6 Å². The van der Waals surface area contributed by atoms with Gasteiger partial charge in [0.25, 0.3) is 5.91 Å². The van der Waals surface area contributed by atoms with Gasteiger partial charge >= 0.3 is 0 Å². The summed E-state index contributed by atoms with van der Waals surface area (Å²) in [5, 5.41) is 6.97. The van der Waals surface area contributed by atoms with Crippen LogP contribution in [0.25, 0.3) is 10.1 Å². The van der Waals surface area contributed by atoms with Gasteiger partial charge in [-0.1, -0.05) is 18.2 Å². The second-order valence-electron chi connectivity index (χ2n) is 6.66. The third-order valence-electron chi connectivity index (χ3n) is 5.02. The summed E-state index contributed by atoms with van der Waals surface area (Å²) in [6.45, 7) is 2.14. The lowest BCUT2D eigenvalue weighted by Crippen LogP contribution is -2.28. The minimum Gasteiger partial charge on any atom is -0.482 e. The lowest BCUT2D eigenvalue weighted by atomic mass is 9.87. The van der Waals surface area contributed by atoms with Crippen molar-refractivity contribution in [3.05, 3.63) is 52.4 Å². The van der Waals surface area contributed by atoms with Crippen LogP contribution < -0.4 is 15.4 Å². The fraction of sp³-hybridized carbons (Fsp3) is 0.200. The average molecular weight is 364 g/mol. The summed E-state index contributed by atoms with van der Waals surface area (Å²) in [5.41, 5.74) is 3.61. The van der Waals surface area contributed by atoms with E-state index in [9.17, 15) is 9.59 Å². The van der Waals surface area contributed by atoms with E-state index in [1.807, 2.05) is 18.2 Å². The number of rotatable bonds is 1. The van der Waals surface area contributed by atoms with Gasteiger partial charge in [-0.3, -0.25) is 9.59 Å². The summed E-state index contributed by atoms with van der Waals surface area (Å²) in [6.07, 6.45) is 0.409. The number of aryl methyl sites for hydroxylation is 1. The summed E-state index contributed by atoms with van der Waals surface area (Å²) < 4.78 is 6.81. The first-order chi connectivity index (χ1) is 12.6. The second-order valence-corrected chi connectivity index (χ2v) is 7.75. The fourth-order valence-corrected chi connectivity index (χ4v) is 5.13. The highest BCUT2D eigenvalue weighted by Gasteiger charge is 2.31. The van der Waals surface area contributed by atoms with Crippen LogP contribution in [0.5, 0.6) is 5.75 Å². The maximum Gasteiger partial charge on any atom is 0.262 e. The number of hydrogen-bond donors (Lipinski definition) is 2. The van der Waals surface area contributed by atoms with Gasteiger partial charge in [-0.25, -0.2) is 0 Å². The number of carbonyl (C=O) groups is 2. The Bertz CT molecular complexity index is 1090. The molecule has 2 aliphatic rings. The van der Waals surface area contributed by atoms with Crippen LogP contribution in [-0.4, -0.2) is 18.4 Å². The molecule has 1 aromatic heterocycles. The number of ether oxygens (including phenoxy) is 1. The van der Waals surface area contributed by atoms with E-state index >= 15 is 0 Å². The predicted molar refractivity (Wildman–Crippen MR) is 102 cm³/mol. The number of fused-ring (bicyclic) bond motifs is 3. The molecule has 0 spiro atoms. The molecular formula is C20H16N2O3S. The third-order valence-corrected chi connectivity index (χ3v) is 6.41. The zero-order valence-corrected chi connectivity index (χ0v) is 14.9. The molecule has 0 radical (unpaired) electrons. The number of nitrogens with one attached hydrogen (secondary N) is 2. The standard InChI is InChI=1S/C20H16N2O3S/c1-10-11-4-2-3-5-17(11)26-20(10)13-7-18(23)21-14-8-15-16(6-12(13)14)25-9-19(24)22-15/h2-6,8,13H,7,9H2,1H3,(H,21,23)(H,22,24). The summed E-state index contributed by atoms with van der Waals surface area (Å²) in [5.74, 6) is 0.449. The second kappa shape index (κ2) is 5.57. The lowest BCUT2D eigenvalue weighted by Gasteiger charge is -2.28. The molecule has 0 saturated heterocycles. The number of amides is 2. The molecule has 1 unspecified atom stereocenters. The van der Waals surface area contributed by atoms with E-state index in [-0.39, 0.29) is 24.3 Å². The zero-order chi connectivity index (χ0) is 17.8. The zero-order valence-electron chi connectivity index (χ0n) is 14.1. The molecule has 0 saturated carbocycles. The molecule has 2 aliphatic heterocycles. The van der Waals surface area contributed by atoms with Gasteiger partial charge in [0, 0.05) is 27.6 Å². The van der Waals surface area contributed by atoms with E-state index < -0.39 is 0 Å². The smallest absolute Gasteiger partial charge is 0.262 e. The molecule has 5 nitrogen and oxygen atoms in total. The van der Waals surface area contributed by atoms with Crippen molar-refractivity contribution < 1.29 is 14.3 Å². The maximum absolute atomic E-state index is 12.3. The normalized spacial score (nSPS) is 18.6. The first-order valence-corrected chi connectivity index (χ1v) is 9.30. The fourth-order valence-electron chi connectivity index (χ4n) is 3.79. The van der Waals surface area contributed by atoms with Crippen LogP contribution in [0.1, 0.15) is 28.3 Å². The molecule has 6 heteroatoms. The molecule has 1 atom stereocenters. The van der Waals surface area contributed by atoms with Gasteiger partial charge in [-0.2, -0.15) is 0 Å². The quantitative estimate of drug-likeness (QED) is 0.685. The van der Waals surface area contributed by atoms with Gasteiger partial charge in [0.1, 0.15) is 5.75 Å². The Kier molecular flexibility index (Phi) is 3.30. The van der Waals surface area contributed by atoms with Crippen molar-refractivity contribution in [3.63, 3.8) is 0 Å². The Morgan fingerprint density at radius 1 is 1.08 bits per heavy atom. The van der Waals surface area contributed by atoms with Crippen molar-refractivity contribution in [1.29, 1.82) is 0 Å². The van der Waals surface area contributed by atoms with Crippen molar-refractivity contribution in [2.24, 2.45) is 0 Å². The van der Waals surface area contributed by atoms with Gasteiger partial charge in [0.15, 0.2) is 6.61 Å². The van der Waals surface area contributed by atoms with E-state index in [2.05, 4.69) is 29.7 Å². The van der Waals surface area contributed by atoms with Crippen molar-refractivity contribution in [3.8, 4) is 5.75 Å².